The molecule has 1 amide bonds. The smallest absolute Gasteiger partial charge is 0.271 e. The van der Waals surface area contributed by atoms with Crippen LogP contribution >= 0.6 is 0 Å². The third-order valence-corrected chi connectivity index (χ3v) is 2.71. The van der Waals surface area contributed by atoms with Gasteiger partial charge in [0.05, 0.1) is 0 Å². The van der Waals surface area contributed by atoms with Crippen molar-refractivity contribution < 1.29 is 9.53 Å². The van der Waals surface area contributed by atoms with E-state index in [-0.39, 0.29) is 5.91 Å². The Kier molecular flexibility index (Phi) is 2.37. The molecule has 18 heavy (non-hydrogen) atoms. The molecule has 90 valence electrons. The first kappa shape index (κ1) is 10.6. The number of pyridine rings is 1. The van der Waals surface area contributed by atoms with Crippen molar-refractivity contribution in [2.75, 3.05) is 11.1 Å². The second-order valence-electron chi connectivity index (χ2n) is 4.01. The van der Waals surface area contributed by atoms with Crippen LogP contribution in [0.2, 0.25) is 0 Å². The lowest BCUT2D eigenvalue weighted by Crippen LogP contribution is -2.30. The summed E-state index contributed by atoms with van der Waals surface area (Å²) >= 11 is 0. The molecule has 0 aliphatic carbocycles. The maximum Gasteiger partial charge on any atom is 0.271 e. The summed E-state index contributed by atoms with van der Waals surface area (Å²) in [6, 6.07) is 10.6. The van der Waals surface area contributed by atoms with Crippen LogP contribution in [0, 0.1) is 0 Å². The number of nitrogens with one attached hydrogen (secondary N) is 1. The number of nitrogens with zero attached hydrogens (tertiary/aromatic N) is 1. The van der Waals surface area contributed by atoms with E-state index in [1.165, 1.54) is 0 Å². The minimum atomic E-state index is -0.690. The van der Waals surface area contributed by atoms with Gasteiger partial charge in [-0.05, 0) is 24.3 Å². The Labute approximate surface area is 104 Å². The SMILES string of the molecule is Nc1cccc(C2Oc3cccnc3NC2=O)c1. The van der Waals surface area contributed by atoms with Crippen molar-refractivity contribution in [3.05, 3.63) is 48.2 Å². The van der Waals surface area contributed by atoms with Crippen molar-refractivity contribution >= 4 is 17.4 Å². The van der Waals surface area contributed by atoms with E-state index in [9.17, 15) is 4.79 Å². The van der Waals surface area contributed by atoms with Crippen LogP contribution in [0.4, 0.5) is 11.5 Å². The molecule has 1 unspecified atom stereocenters. The number of rotatable bonds is 1. The number of benzene rings is 1. The number of fused-ring (bicyclic) bond motifs is 1. The van der Waals surface area contributed by atoms with E-state index in [1.807, 2.05) is 6.07 Å². The van der Waals surface area contributed by atoms with Crippen molar-refractivity contribution in [3.8, 4) is 5.75 Å². The summed E-state index contributed by atoms with van der Waals surface area (Å²) < 4.78 is 5.66. The quantitative estimate of drug-likeness (QED) is 0.745. The molecule has 1 aliphatic rings. The van der Waals surface area contributed by atoms with Crippen LogP contribution in [0.3, 0.4) is 0 Å². The number of carbonyl (C=O) groups excluding carboxylic acids is 1. The second-order valence-corrected chi connectivity index (χ2v) is 4.01. The lowest BCUT2D eigenvalue weighted by Gasteiger charge is -2.25. The molecule has 1 atom stereocenters. The standard InChI is InChI=1S/C13H11N3O2/c14-9-4-1-3-8(7-9)11-13(17)16-12-10(18-11)5-2-6-15-12/h1-7,11H,14H2,(H,15,16,17). The molecule has 1 aromatic carbocycles. The highest BCUT2D eigenvalue weighted by Crippen LogP contribution is 2.33. The summed E-state index contributed by atoms with van der Waals surface area (Å²) in [7, 11) is 0. The van der Waals surface area contributed by atoms with Gasteiger partial charge >= 0.3 is 0 Å². The number of ether oxygens (including phenoxy) is 1. The predicted octanol–water partition coefficient (Wildman–Crippen LogP) is 1.74. The predicted molar refractivity (Wildman–Crippen MR) is 67.1 cm³/mol. The minimum Gasteiger partial charge on any atom is -0.472 e. The van der Waals surface area contributed by atoms with Gasteiger partial charge in [-0.25, -0.2) is 4.98 Å². The van der Waals surface area contributed by atoms with Crippen LogP contribution in [0.5, 0.6) is 5.75 Å². The largest absolute Gasteiger partial charge is 0.472 e. The van der Waals surface area contributed by atoms with E-state index >= 15 is 0 Å². The van der Waals surface area contributed by atoms with Crippen LogP contribution in [0.15, 0.2) is 42.6 Å². The summed E-state index contributed by atoms with van der Waals surface area (Å²) in [6.45, 7) is 0. The highest BCUT2D eigenvalue weighted by molar-refractivity contribution is 5.97. The Bertz CT molecular complexity index is 613. The fraction of sp³-hybridized carbons (Fsp3) is 0.0769. The molecule has 0 bridgehead atoms. The van der Waals surface area contributed by atoms with Crippen molar-refractivity contribution in [2.24, 2.45) is 0 Å². The number of aromatic nitrogens is 1. The average Bonchev–Trinajstić information content (AvgIpc) is 2.38. The number of nitrogen functional groups attached to an aromatic ring is 1. The highest BCUT2D eigenvalue weighted by Gasteiger charge is 2.29. The van der Waals surface area contributed by atoms with Crippen molar-refractivity contribution in [2.45, 2.75) is 6.10 Å². The maximum absolute atomic E-state index is 12.0. The number of nitrogens with two attached hydrogens (primary N) is 1. The third kappa shape index (κ3) is 1.75. The monoisotopic (exact) mass is 241 g/mol. The van der Waals surface area contributed by atoms with E-state index in [4.69, 9.17) is 10.5 Å². The van der Waals surface area contributed by atoms with E-state index in [2.05, 4.69) is 10.3 Å². The van der Waals surface area contributed by atoms with Gasteiger partial charge in [-0.3, -0.25) is 4.79 Å². The molecule has 3 N–H and O–H groups in total. The number of carbonyl (C=O) groups is 1. The van der Waals surface area contributed by atoms with Gasteiger partial charge in [-0.2, -0.15) is 0 Å². The Morgan fingerprint density at radius 1 is 1.28 bits per heavy atom. The summed E-state index contributed by atoms with van der Waals surface area (Å²) in [5, 5.41) is 2.71. The van der Waals surface area contributed by atoms with Crippen LogP contribution in [0.1, 0.15) is 11.7 Å². The summed E-state index contributed by atoms with van der Waals surface area (Å²) in [6.07, 6.45) is 0.911. The fourth-order valence-corrected chi connectivity index (χ4v) is 1.88. The van der Waals surface area contributed by atoms with E-state index in [0.717, 1.165) is 5.56 Å². The number of hydrogen-bond donors (Lipinski definition) is 2. The first-order valence-electron chi connectivity index (χ1n) is 5.52. The lowest BCUT2D eigenvalue weighted by molar-refractivity contribution is -0.123. The van der Waals surface area contributed by atoms with Gasteiger partial charge in [-0.1, -0.05) is 12.1 Å². The lowest BCUT2D eigenvalue weighted by atomic mass is 10.1. The number of hydrogen-bond acceptors (Lipinski definition) is 4. The highest BCUT2D eigenvalue weighted by atomic mass is 16.5. The Morgan fingerprint density at radius 2 is 2.17 bits per heavy atom. The van der Waals surface area contributed by atoms with Crippen LogP contribution in [-0.2, 0) is 4.79 Å². The second kappa shape index (κ2) is 4.03. The molecule has 0 spiro atoms. The van der Waals surface area contributed by atoms with Gasteiger partial charge in [0.2, 0.25) is 6.10 Å². The maximum atomic E-state index is 12.0. The molecule has 0 radical (unpaired) electrons. The molecule has 0 saturated heterocycles. The van der Waals surface area contributed by atoms with Crippen LogP contribution in [-0.4, -0.2) is 10.9 Å². The van der Waals surface area contributed by atoms with E-state index in [0.29, 0.717) is 17.3 Å². The van der Waals surface area contributed by atoms with Gasteiger partial charge < -0.3 is 15.8 Å². The average molecular weight is 241 g/mol. The molecule has 2 aromatic rings. The molecular weight excluding hydrogens is 230 g/mol. The molecule has 3 rings (SSSR count). The first-order chi connectivity index (χ1) is 8.74. The molecule has 1 aliphatic heterocycles. The summed E-state index contributed by atoms with van der Waals surface area (Å²) in [5.41, 5.74) is 7.03. The zero-order valence-electron chi connectivity index (χ0n) is 9.46. The Balaban J connectivity index is 1.98. The van der Waals surface area contributed by atoms with E-state index < -0.39 is 6.10 Å². The molecule has 0 saturated carbocycles. The number of amides is 1. The fourth-order valence-electron chi connectivity index (χ4n) is 1.88. The molecule has 1 aromatic heterocycles. The van der Waals surface area contributed by atoms with Gasteiger partial charge in [0, 0.05) is 17.4 Å². The van der Waals surface area contributed by atoms with Crippen molar-refractivity contribution in [1.82, 2.24) is 4.98 Å². The zero-order valence-corrected chi connectivity index (χ0v) is 9.46. The normalized spacial score (nSPS) is 17.6. The van der Waals surface area contributed by atoms with Gasteiger partial charge in [-0.15, -0.1) is 0 Å². The van der Waals surface area contributed by atoms with E-state index in [1.54, 1.807) is 36.5 Å². The minimum absolute atomic E-state index is 0.244. The molecular formula is C13H11N3O2. The molecule has 0 fully saturated rings. The van der Waals surface area contributed by atoms with Crippen LogP contribution < -0.4 is 15.8 Å². The van der Waals surface area contributed by atoms with Crippen LogP contribution in [0.25, 0.3) is 0 Å². The first-order valence-corrected chi connectivity index (χ1v) is 5.52. The van der Waals surface area contributed by atoms with Crippen molar-refractivity contribution in [1.29, 1.82) is 0 Å². The molecule has 5 nitrogen and oxygen atoms in total. The van der Waals surface area contributed by atoms with Gasteiger partial charge in [0.15, 0.2) is 11.6 Å². The van der Waals surface area contributed by atoms with Gasteiger partial charge in [0.25, 0.3) is 5.91 Å². The molecule has 2 heterocycles. The Hall–Kier alpha value is -2.56. The summed E-state index contributed by atoms with van der Waals surface area (Å²) in [5.74, 6) is 0.763. The zero-order chi connectivity index (χ0) is 12.5. The van der Waals surface area contributed by atoms with Crippen molar-refractivity contribution in [3.63, 3.8) is 0 Å². The third-order valence-electron chi connectivity index (χ3n) is 2.71. The topological polar surface area (TPSA) is 77.2 Å². The Morgan fingerprint density at radius 3 is 3.00 bits per heavy atom. The molecule has 5 heteroatoms. The summed E-state index contributed by atoms with van der Waals surface area (Å²) in [4.78, 5) is 16.0. The number of anilines is 2. The van der Waals surface area contributed by atoms with Gasteiger partial charge in [0.1, 0.15) is 0 Å².